The lowest BCUT2D eigenvalue weighted by Crippen LogP contribution is -2.17. The number of pyridine rings is 1. The van der Waals surface area contributed by atoms with Gasteiger partial charge in [0.2, 0.25) is 5.95 Å². The van der Waals surface area contributed by atoms with Crippen molar-refractivity contribution < 1.29 is 30.7 Å². The Hall–Kier alpha value is -1.34. The van der Waals surface area contributed by atoms with E-state index in [1.54, 1.807) is 0 Å². The summed E-state index contributed by atoms with van der Waals surface area (Å²) in [5.74, 6) is -6.86. The zero-order valence-corrected chi connectivity index (χ0v) is 8.38. The number of aromatic nitrogens is 1. The fraction of sp³-hybridized carbons (Fsp3) is 0.444. The Morgan fingerprint density at radius 2 is 1.65 bits per heavy atom. The minimum absolute atomic E-state index is 0.410. The average molecular weight is 261 g/mol. The molecule has 0 aliphatic heterocycles. The molecule has 0 aliphatic carbocycles. The van der Waals surface area contributed by atoms with Crippen LogP contribution in [-0.2, 0) is 6.18 Å². The van der Waals surface area contributed by atoms with Crippen LogP contribution in [0.25, 0.3) is 0 Å². The van der Waals surface area contributed by atoms with Crippen molar-refractivity contribution in [3.05, 3.63) is 28.8 Å². The summed E-state index contributed by atoms with van der Waals surface area (Å²) in [5.41, 5.74) is -3.84. The van der Waals surface area contributed by atoms with Gasteiger partial charge in [-0.15, -0.1) is 0 Å². The summed E-state index contributed by atoms with van der Waals surface area (Å²) in [6, 6.07) is 0. The first-order valence-electron chi connectivity index (χ1n) is 4.45. The summed E-state index contributed by atoms with van der Waals surface area (Å²) >= 11 is 0. The third-order valence-electron chi connectivity index (χ3n) is 2.00. The highest BCUT2D eigenvalue weighted by Gasteiger charge is 2.41. The molecule has 0 spiro atoms. The van der Waals surface area contributed by atoms with Crippen molar-refractivity contribution in [2.75, 3.05) is 0 Å². The molecule has 96 valence electrons. The van der Waals surface area contributed by atoms with E-state index in [-0.39, 0.29) is 0 Å². The van der Waals surface area contributed by atoms with Crippen LogP contribution in [0.5, 0.6) is 0 Å². The SMILES string of the molecule is CCC(F)c1nc(F)c(F)c(C(F)(F)F)c1F. The van der Waals surface area contributed by atoms with Crippen LogP contribution in [-0.4, -0.2) is 4.98 Å². The van der Waals surface area contributed by atoms with Crippen LogP contribution in [0.15, 0.2) is 0 Å². The van der Waals surface area contributed by atoms with E-state index in [2.05, 4.69) is 4.98 Å². The highest BCUT2D eigenvalue weighted by molar-refractivity contribution is 5.26. The van der Waals surface area contributed by atoms with E-state index in [4.69, 9.17) is 0 Å². The molecule has 1 rings (SSSR count). The maximum Gasteiger partial charge on any atom is 0.422 e. The Morgan fingerprint density at radius 1 is 1.12 bits per heavy atom. The van der Waals surface area contributed by atoms with Gasteiger partial charge in [-0.1, -0.05) is 6.92 Å². The summed E-state index contributed by atoms with van der Waals surface area (Å²) in [6.45, 7) is 1.19. The quantitative estimate of drug-likeness (QED) is 0.580. The van der Waals surface area contributed by atoms with Gasteiger partial charge >= 0.3 is 6.18 Å². The van der Waals surface area contributed by atoms with Gasteiger partial charge in [-0.25, -0.2) is 18.2 Å². The molecule has 1 nitrogen and oxygen atoms in total. The van der Waals surface area contributed by atoms with Gasteiger partial charge in [0.05, 0.1) is 0 Å². The van der Waals surface area contributed by atoms with Gasteiger partial charge < -0.3 is 0 Å². The molecule has 8 heteroatoms. The molecule has 1 aromatic rings. The molecule has 0 fully saturated rings. The monoisotopic (exact) mass is 261 g/mol. The van der Waals surface area contributed by atoms with E-state index >= 15 is 0 Å². The van der Waals surface area contributed by atoms with Crippen LogP contribution in [0.3, 0.4) is 0 Å². The van der Waals surface area contributed by atoms with Crippen molar-refractivity contribution in [3.8, 4) is 0 Å². The molecule has 1 atom stereocenters. The van der Waals surface area contributed by atoms with Crippen molar-refractivity contribution in [1.29, 1.82) is 0 Å². The number of alkyl halides is 4. The van der Waals surface area contributed by atoms with Crippen LogP contribution in [0, 0.1) is 17.6 Å². The maximum atomic E-state index is 13.2. The van der Waals surface area contributed by atoms with Crippen molar-refractivity contribution in [3.63, 3.8) is 0 Å². The number of halogens is 7. The first kappa shape index (κ1) is 13.7. The van der Waals surface area contributed by atoms with Crippen LogP contribution < -0.4 is 0 Å². The van der Waals surface area contributed by atoms with E-state index in [1.807, 2.05) is 0 Å². The molecule has 17 heavy (non-hydrogen) atoms. The lowest BCUT2D eigenvalue weighted by Gasteiger charge is -2.13. The number of rotatable bonds is 2. The van der Waals surface area contributed by atoms with Gasteiger partial charge in [0.15, 0.2) is 11.6 Å². The highest BCUT2D eigenvalue weighted by atomic mass is 19.4. The largest absolute Gasteiger partial charge is 0.422 e. The smallest absolute Gasteiger partial charge is 0.240 e. The number of hydrogen-bond donors (Lipinski definition) is 0. The maximum absolute atomic E-state index is 13.2. The minimum Gasteiger partial charge on any atom is -0.240 e. The van der Waals surface area contributed by atoms with Gasteiger partial charge in [-0.3, -0.25) is 0 Å². The Bertz CT molecular complexity index is 426. The molecule has 0 aliphatic rings. The molecule has 0 N–H and O–H groups in total. The third-order valence-corrected chi connectivity index (χ3v) is 2.00. The summed E-state index contributed by atoms with van der Waals surface area (Å²) in [4.78, 5) is 2.53. The van der Waals surface area contributed by atoms with Gasteiger partial charge in [-0.2, -0.15) is 17.6 Å². The predicted molar refractivity (Wildman–Crippen MR) is 43.3 cm³/mol. The molecular formula is C9H6F7N. The van der Waals surface area contributed by atoms with Gasteiger partial charge in [0.25, 0.3) is 0 Å². The second-order valence-electron chi connectivity index (χ2n) is 3.16. The molecule has 0 bridgehead atoms. The average Bonchev–Trinajstić information content (AvgIpc) is 2.20. The Balaban J connectivity index is 3.54. The summed E-state index contributed by atoms with van der Waals surface area (Å²) < 4.78 is 88.5. The molecule has 0 amide bonds. The van der Waals surface area contributed by atoms with Gasteiger partial charge in [0, 0.05) is 0 Å². The van der Waals surface area contributed by atoms with Gasteiger partial charge in [0.1, 0.15) is 17.4 Å². The van der Waals surface area contributed by atoms with Crippen LogP contribution >= 0.6 is 0 Å². The molecule has 0 saturated heterocycles. The molecule has 0 saturated carbocycles. The molecule has 1 heterocycles. The van der Waals surface area contributed by atoms with Crippen molar-refractivity contribution in [1.82, 2.24) is 4.98 Å². The topological polar surface area (TPSA) is 12.9 Å². The standard InChI is InChI=1S/C9H6F7N/c1-2-3(10)7-5(11)4(9(14,15)16)6(12)8(13)17-7/h3H,2H2,1H3. The zero-order chi connectivity index (χ0) is 13.4. The van der Waals surface area contributed by atoms with E-state index in [0.29, 0.717) is 0 Å². The van der Waals surface area contributed by atoms with Crippen molar-refractivity contribution in [2.45, 2.75) is 25.7 Å². The van der Waals surface area contributed by atoms with Crippen molar-refractivity contribution in [2.24, 2.45) is 0 Å². The number of hydrogen-bond acceptors (Lipinski definition) is 1. The number of nitrogens with zero attached hydrogens (tertiary/aromatic N) is 1. The lowest BCUT2D eigenvalue weighted by molar-refractivity contribution is -0.143. The summed E-state index contributed by atoms with van der Waals surface area (Å²) in [7, 11) is 0. The fourth-order valence-corrected chi connectivity index (χ4v) is 1.18. The van der Waals surface area contributed by atoms with Crippen molar-refractivity contribution >= 4 is 0 Å². The second-order valence-corrected chi connectivity index (χ2v) is 3.16. The fourth-order valence-electron chi connectivity index (χ4n) is 1.18. The van der Waals surface area contributed by atoms with Crippen LogP contribution in [0.1, 0.15) is 30.8 Å². The normalized spacial score (nSPS) is 13.9. The van der Waals surface area contributed by atoms with Crippen LogP contribution in [0.2, 0.25) is 0 Å². The Kier molecular flexibility index (Phi) is 3.63. The van der Waals surface area contributed by atoms with E-state index < -0.39 is 47.6 Å². The Labute approximate surface area is 91.3 Å². The molecular weight excluding hydrogens is 255 g/mol. The molecule has 1 aromatic heterocycles. The molecule has 0 radical (unpaired) electrons. The summed E-state index contributed by atoms with van der Waals surface area (Å²) in [5, 5.41) is 0. The molecule has 0 aromatic carbocycles. The van der Waals surface area contributed by atoms with Gasteiger partial charge in [-0.05, 0) is 6.42 Å². The predicted octanol–water partition coefficient (Wildman–Crippen LogP) is 3.94. The highest BCUT2D eigenvalue weighted by Crippen LogP contribution is 2.37. The first-order chi connectivity index (χ1) is 7.70. The lowest BCUT2D eigenvalue weighted by atomic mass is 10.1. The zero-order valence-electron chi connectivity index (χ0n) is 8.38. The molecule has 1 unspecified atom stereocenters. The second kappa shape index (κ2) is 4.50. The minimum atomic E-state index is -5.46. The Morgan fingerprint density at radius 3 is 2.06 bits per heavy atom. The van der Waals surface area contributed by atoms with Crippen LogP contribution in [0.4, 0.5) is 30.7 Å². The summed E-state index contributed by atoms with van der Waals surface area (Å²) in [6.07, 6.45) is -8.10. The van der Waals surface area contributed by atoms with E-state index in [9.17, 15) is 30.7 Å². The third kappa shape index (κ3) is 2.50. The first-order valence-corrected chi connectivity index (χ1v) is 4.45. The van der Waals surface area contributed by atoms with E-state index in [0.717, 1.165) is 0 Å². The van der Waals surface area contributed by atoms with E-state index in [1.165, 1.54) is 6.92 Å².